The number of nitrogens with zero attached hydrogens (tertiary/aromatic N) is 1. The van der Waals surface area contributed by atoms with Crippen LogP contribution in [0.4, 0.5) is 0 Å². The Hall–Kier alpha value is -3.06. The van der Waals surface area contributed by atoms with E-state index in [4.69, 9.17) is 11.1 Å². The van der Waals surface area contributed by atoms with Crippen molar-refractivity contribution in [2.75, 3.05) is 13.1 Å². The third-order valence-corrected chi connectivity index (χ3v) is 4.94. The molecule has 7 nitrogen and oxygen atoms in total. The highest BCUT2D eigenvalue weighted by molar-refractivity contribution is 5.98. The molecule has 2 aromatic carbocycles. The predicted octanol–water partition coefficient (Wildman–Crippen LogP) is 2.83. The minimum absolute atomic E-state index is 0. The van der Waals surface area contributed by atoms with E-state index in [1.165, 1.54) is 6.07 Å². The van der Waals surface area contributed by atoms with Crippen LogP contribution in [-0.4, -0.2) is 40.7 Å². The molecule has 0 bridgehead atoms. The third kappa shape index (κ3) is 5.06. The van der Waals surface area contributed by atoms with Gasteiger partial charge in [0, 0.05) is 35.3 Å². The summed E-state index contributed by atoms with van der Waals surface area (Å²) in [5.74, 6) is -0.425. The molecule has 1 aliphatic heterocycles. The summed E-state index contributed by atoms with van der Waals surface area (Å²) < 4.78 is 0. The normalized spacial score (nSPS) is 14.0. The maximum absolute atomic E-state index is 12.5. The molecule has 5 N–H and O–H groups in total. The van der Waals surface area contributed by atoms with Gasteiger partial charge in [0.15, 0.2) is 0 Å². The Balaban J connectivity index is 0.00000300. The Bertz CT molecular complexity index is 909. The van der Waals surface area contributed by atoms with Crippen molar-refractivity contribution < 1.29 is 14.7 Å². The van der Waals surface area contributed by atoms with Crippen molar-refractivity contribution in [1.82, 2.24) is 10.2 Å². The molecule has 2 amide bonds. The van der Waals surface area contributed by atoms with Gasteiger partial charge in [0.2, 0.25) is 0 Å². The molecule has 3 rings (SSSR count). The van der Waals surface area contributed by atoms with E-state index in [1.54, 1.807) is 43.3 Å². The van der Waals surface area contributed by atoms with Crippen LogP contribution in [0.1, 0.15) is 57.7 Å². The van der Waals surface area contributed by atoms with Gasteiger partial charge in [-0.2, -0.15) is 0 Å². The highest BCUT2D eigenvalue weighted by Gasteiger charge is 2.20. The number of carbonyl (C=O) groups excluding carboxylic acids is 2. The molecule has 0 radical (unpaired) electrons. The summed E-state index contributed by atoms with van der Waals surface area (Å²) in [4.78, 5) is 26.7. The molecule has 1 saturated heterocycles. The van der Waals surface area contributed by atoms with Crippen LogP contribution in [0.25, 0.3) is 0 Å². The van der Waals surface area contributed by atoms with Gasteiger partial charge in [-0.15, -0.1) is 12.4 Å². The minimum atomic E-state index is -0.488. The monoisotopic (exact) mass is 416 g/mol. The number of amides is 2. The molecule has 1 aliphatic rings. The van der Waals surface area contributed by atoms with Gasteiger partial charge in [0.05, 0.1) is 6.04 Å². The van der Waals surface area contributed by atoms with Gasteiger partial charge < -0.3 is 21.1 Å². The zero-order valence-electron chi connectivity index (χ0n) is 16.1. The number of aromatic hydroxyl groups is 1. The highest BCUT2D eigenvalue weighted by Crippen LogP contribution is 2.25. The molecule has 154 valence electrons. The fourth-order valence-electron chi connectivity index (χ4n) is 3.29. The molecule has 29 heavy (non-hydrogen) atoms. The zero-order valence-corrected chi connectivity index (χ0v) is 17.0. The standard InChI is InChI=1S/C21H24N4O3.ClH/c1-13(17-12-16(19(22)23)8-9-18(17)26)24-20(27)14-4-6-15(7-5-14)21(28)25-10-2-3-11-25;/h4-9,12-13,26H,2-3,10-11H2,1H3,(H3,22,23)(H,24,27);1H. The lowest BCUT2D eigenvalue weighted by atomic mass is 10.0. The van der Waals surface area contributed by atoms with E-state index in [1.807, 2.05) is 4.90 Å². The fraction of sp³-hybridized carbons (Fsp3) is 0.286. The molecule has 0 aliphatic carbocycles. The molecule has 0 spiro atoms. The SMILES string of the molecule is CC(NC(=O)c1ccc(C(=O)N2CCCC2)cc1)c1cc(C(=N)N)ccc1O.Cl. The van der Waals surface area contributed by atoms with Crippen molar-refractivity contribution >= 4 is 30.1 Å². The Morgan fingerprint density at radius 3 is 2.21 bits per heavy atom. The highest BCUT2D eigenvalue weighted by atomic mass is 35.5. The summed E-state index contributed by atoms with van der Waals surface area (Å²) in [6, 6.07) is 10.7. The zero-order chi connectivity index (χ0) is 20.3. The first-order valence-electron chi connectivity index (χ1n) is 9.24. The van der Waals surface area contributed by atoms with Crippen molar-refractivity contribution in [2.45, 2.75) is 25.8 Å². The number of nitrogens with one attached hydrogen (secondary N) is 2. The van der Waals surface area contributed by atoms with Crippen LogP contribution in [0, 0.1) is 5.41 Å². The number of benzene rings is 2. The van der Waals surface area contributed by atoms with Crippen molar-refractivity contribution in [1.29, 1.82) is 5.41 Å². The Labute approximate surface area is 175 Å². The molecule has 1 atom stereocenters. The Kier molecular flexibility index (Phi) is 7.23. The van der Waals surface area contributed by atoms with Gasteiger partial charge in [0.1, 0.15) is 11.6 Å². The van der Waals surface area contributed by atoms with E-state index in [9.17, 15) is 14.7 Å². The molecule has 1 fully saturated rings. The Morgan fingerprint density at radius 2 is 1.62 bits per heavy atom. The van der Waals surface area contributed by atoms with E-state index in [0.29, 0.717) is 22.3 Å². The second-order valence-electron chi connectivity index (χ2n) is 6.96. The van der Waals surface area contributed by atoms with Gasteiger partial charge in [-0.1, -0.05) is 0 Å². The topological polar surface area (TPSA) is 120 Å². The van der Waals surface area contributed by atoms with Crippen LogP contribution in [0.15, 0.2) is 42.5 Å². The molecule has 2 aromatic rings. The van der Waals surface area contributed by atoms with Crippen LogP contribution in [0.5, 0.6) is 5.75 Å². The lowest BCUT2D eigenvalue weighted by Gasteiger charge is -2.17. The summed E-state index contributed by atoms with van der Waals surface area (Å²) in [5.41, 5.74) is 7.43. The summed E-state index contributed by atoms with van der Waals surface area (Å²) in [7, 11) is 0. The number of halogens is 1. The number of likely N-dealkylation sites (tertiary alicyclic amines) is 1. The van der Waals surface area contributed by atoms with Crippen LogP contribution < -0.4 is 11.1 Å². The lowest BCUT2D eigenvalue weighted by molar-refractivity contribution is 0.0792. The van der Waals surface area contributed by atoms with Gasteiger partial charge in [-0.05, 0) is 62.2 Å². The van der Waals surface area contributed by atoms with Crippen LogP contribution >= 0.6 is 12.4 Å². The summed E-state index contributed by atoms with van der Waals surface area (Å²) >= 11 is 0. The number of carbonyl (C=O) groups is 2. The van der Waals surface area contributed by atoms with E-state index < -0.39 is 6.04 Å². The number of hydrogen-bond donors (Lipinski definition) is 4. The van der Waals surface area contributed by atoms with Crippen molar-refractivity contribution in [2.24, 2.45) is 5.73 Å². The summed E-state index contributed by atoms with van der Waals surface area (Å²) in [6.07, 6.45) is 2.06. The van der Waals surface area contributed by atoms with Crippen molar-refractivity contribution in [3.63, 3.8) is 0 Å². The van der Waals surface area contributed by atoms with Crippen LogP contribution in [-0.2, 0) is 0 Å². The average Bonchev–Trinajstić information content (AvgIpc) is 3.22. The molecule has 0 aromatic heterocycles. The molecular formula is C21H25ClN4O3. The smallest absolute Gasteiger partial charge is 0.253 e. The second kappa shape index (κ2) is 9.43. The van der Waals surface area contributed by atoms with E-state index in [-0.39, 0.29) is 35.8 Å². The first kappa shape index (κ1) is 22.2. The van der Waals surface area contributed by atoms with Crippen LogP contribution in [0.3, 0.4) is 0 Å². The second-order valence-corrected chi connectivity index (χ2v) is 6.96. The average molecular weight is 417 g/mol. The number of amidine groups is 1. The molecule has 0 saturated carbocycles. The van der Waals surface area contributed by atoms with Gasteiger partial charge in [0.25, 0.3) is 11.8 Å². The number of hydrogen-bond acceptors (Lipinski definition) is 4. The first-order chi connectivity index (χ1) is 13.4. The summed E-state index contributed by atoms with van der Waals surface area (Å²) in [5, 5.41) is 20.4. The van der Waals surface area contributed by atoms with Gasteiger partial charge in [-0.25, -0.2) is 0 Å². The van der Waals surface area contributed by atoms with Crippen molar-refractivity contribution in [3.8, 4) is 5.75 Å². The van der Waals surface area contributed by atoms with Crippen molar-refractivity contribution in [3.05, 3.63) is 64.7 Å². The van der Waals surface area contributed by atoms with E-state index >= 15 is 0 Å². The molecular weight excluding hydrogens is 392 g/mol. The number of nitrogen functional groups attached to an aromatic ring is 1. The fourth-order valence-corrected chi connectivity index (χ4v) is 3.29. The quantitative estimate of drug-likeness (QED) is 0.442. The van der Waals surface area contributed by atoms with Gasteiger partial charge in [-0.3, -0.25) is 15.0 Å². The van der Waals surface area contributed by atoms with E-state index in [0.717, 1.165) is 25.9 Å². The van der Waals surface area contributed by atoms with Gasteiger partial charge >= 0.3 is 0 Å². The number of rotatable bonds is 5. The first-order valence-corrected chi connectivity index (χ1v) is 9.24. The molecule has 8 heteroatoms. The number of phenols is 1. The maximum Gasteiger partial charge on any atom is 0.253 e. The lowest BCUT2D eigenvalue weighted by Crippen LogP contribution is -2.28. The number of phenolic OH excluding ortho intramolecular Hbond substituents is 1. The predicted molar refractivity (Wildman–Crippen MR) is 114 cm³/mol. The third-order valence-electron chi connectivity index (χ3n) is 4.94. The molecule has 1 heterocycles. The maximum atomic E-state index is 12.5. The minimum Gasteiger partial charge on any atom is -0.508 e. The van der Waals surface area contributed by atoms with Crippen LogP contribution in [0.2, 0.25) is 0 Å². The summed E-state index contributed by atoms with van der Waals surface area (Å²) in [6.45, 7) is 3.30. The van der Waals surface area contributed by atoms with E-state index in [2.05, 4.69) is 5.32 Å². The largest absolute Gasteiger partial charge is 0.508 e. The Morgan fingerprint density at radius 1 is 1.07 bits per heavy atom. The number of nitrogens with two attached hydrogens (primary N) is 1. The molecule has 1 unspecified atom stereocenters.